The van der Waals surface area contributed by atoms with Gasteiger partial charge >= 0.3 is 0 Å². The molecule has 5 nitrogen and oxygen atoms in total. The highest BCUT2D eigenvalue weighted by Gasteiger charge is 2.03. The van der Waals surface area contributed by atoms with Gasteiger partial charge in [-0.25, -0.2) is 4.98 Å². The van der Waals surface area contributed by atoms with Crippen LogP contribution < -0.4 is 5.32 Å². The first kappa shape index (κ1) is 11.9. The number of aromatic nitrogens is 4. The summed E-state index contributed by atoms with van der Waals surface area (Å²) < 4.78 is 2.08. The molecule has 0 spiro atoms. The molecule has 2 N–H and O–H groups in total. The van der Waals surface area contributed by atoms with Gasteiger partial charge in [0.25, 0.3) is 0 Å². The molecule has 92 valence electrons. The molecular weight excluding hydrogens is 214 g/mol. The van der Waals surface area contributed by atoms with Gasteiger partial charge < -0.3 is 9.88 Å². The minimum atomic E-state index is 0.823. The van der Waals surface area contributed by atoms with Crippen molar-refractivity contribution in [1.29, 1.82) is 0 Å². The van der Waals surface area contributed by atoms with E-state index in [2.05, 4.69) is 38.2 Å². The molecule has 0 aromatic carbocycles. The van der Waals surface area contributed by atoms with E-state index in [0.29, 0.717) is 0 Å². The zero-order chi connectivity index (χ0) is 12.1. The van der Waals surface area contributed by atoms with E-state index in [0.717, 1.165) is 37.4 Å². The summed E-state index contributed by atoms with van der Waals surface area (Å²) in [7, 11) is 0. The third kappa shape index (κ3) is 3.17. The molecule has 0 aliphatic rings. The van der Waals surface area contributed by atoms with Crippen LogP contribution in [0.25, 0.3) is 0 Å². The van der Waals surface area contributed by atoms with Crippen LogP contribution in [0.3, 0.4) is 0 Å². The number of hydrogen-bond donors (Lipinski definition) is 2. The van der Waals surface area contributed by atoms with Crippen molar-refractivity contribution in [1.82, 2.24) is 25.1 Å². The van der Waals surface area contributed by atoms with Crippen molar-refractivity contribution in [3.05, 3.63) is 35.7 Å². The fourth-order valence-electron chi connectivity index (χ4n) is 1.71. The van der Waals surface area contributed by atoms with E-state index in [4.69, 9.17) is 0 Å². The molecule has 2 aromatic heterocycles. The average molecular weight is 233 g/mol. The maximum Gasteiger partial charge on any atom is 0.0953 e. The van der Waals surface area contributed by atoms with Crippen molar-refractivity contribution in [2.24, 2.45) is 0 Å². The maximum absolute atomic E-state index is 4.37. The predicted octanol–water partition coefficient (Wildman–Crippen LogP) is 1.46. The Hall–Kier alpha value is -1.62. The highest BCUT2D eigenvalue weighted by molar-refractivity contribution is 5.15. The molecule has 0 atom stereocenters. The lowest BCUT2D eigenvalue weighted by Gasteiger charge is -2.00. The Bertz CT molecular complexity index is 457. The van der Waals surface area contributed by atoms with Gasteiger partial charge in [0.2, 0.25) is 0 Å². The zero-order valence-corrected chi connectivity index (χ0v) is 10.4. The van der Waals surface area contributed by atoms with Crippen molar-refractivity contribution in [3.63, 3.8) is 0 Å². The molecule has 0 aliphatic heterocycles. The summed E-state index contributed by atoms with van der Waals surface area (Å²) in [5.74, 6) is 0. The van der Waals surface area contributed by atoms with Crippen LogP contribution in [-0.2, 0) is 13.1 Å². The molecular formula is C12H19N5. The maximum atomic E-state index is 4.37. The Labute approximate surface area is 101 Å². The van der Waals surface area contributed by atoms with Crippen LogP contribution in [0.5, 0.6) is 0 Å². The molecule has 0 saturated carbocycles. The lowest BCUT2D eigenvalue weighted by atomic mass is 10.2. The second-order valence-electron chi connectivity index (χ2n) is 4.23. The number of rotatable bonds is 6. The second-order valence-corrected chi connectivity index (χ2v) is 4.23. The van der Waals surface area contributed by atoms with Crippen molar-refractivity contribution < 1.29 is 0 Å². The number of nitrogens with zero attached hydrogens (tertiary/aromatic N) is 3. The van der Waals surface area contributed by atoms with Gasteiger partial charge in [-0.1, -0.05) is 6.92 Å². The van der Waals surface area contributed by atoms with Gasteiger partial charge in [0.15, 0.2) is 0 Å². The number of hydrogen-bond acceptors (Lipinski definition) is 3. The normalized spacial score (nSPS) is 10.9. The van der Waals surface area contributed by atoms with E-state index >= 15 is 0 Å². The quantitative estimate of drug-likeness (QED) is 0.743. The standard InChI is InChI=1S/C12H19N5/c1-3-4-13-6-12-8-17(9-14-12)7-11-5-15-16-10(11)2/h5,8-9,13H,3-4,6-7H2,1-2H3,(H,15,16). The van der Waals surface area contributed by atoms with E-state index in [1.54, 1.807) is 0 Å². The molecule has 2 aromatic rings. The number of imidazole rings is 1. The van der Waals surface area contributed by atoms with E-state index in [-0.39, 0.29) is 0 Å². The molecule has 17 heavy (non-hydrogen) atoms. The first-order valence-corrected chi connectivity index (χ1v) is 5.99. The van der Waals surface area contributed by atoms with Gasteiger partial charge in [0, 0.05) is 24.0 Å². The largest absolute Gasteiger partial charge is 0.333 e. The highest BCUT2D eigenvalue weighted by Crippen LogP contribution is 2.06. The minimum absolute atomic E-state index is 0.823. The summed E-state index contributed by atoms with van der Waals surface area (Å²) in [6.07, 6.45) is 6.96. The molecule has 0 fully saturated rings. The predicted molar refractivity (Wildman–Crippen MR) is 66.7 cm³/mol. The van der Waals surface area contributed by atoms with E-state index in [1.165, 1.54) is 5.56 Å². The van der Waals surface area contributed by atoms with E-state index in [9.17, 15) is 0 Å². The molecule has 2 rings (SSSR count). The summed E-state index contributed by atoms with van der Waals surface area (Å²) >= 11 is 0. The Balaban J connectivity index is 1.92. The van der Waals surface area contributed by atoms with Crippen molar-refractivity contribution in [2.75, 3.05) is 6.54 Å². The molecule has 0 amide bonds. The number of nitrogens with one attached hydrogen (secondary N) is 2. The Morgan fingerprint density at radius 2 is 2.35 bits per heavy atom. The summed E-state index contributed by atoms with van der Waals surface area (Å²) in [6.45, 7) is 6.89. The Morgan fingerprint density at radius 1 is 1.47 bits per heavy atom. The van der Waals surface area contributed by atoms with Crippen LogP contribution in [0.2, 0.25) is 0 Å². The van der Waals surface area contributed by atoms with Crippen LogP contribution in [-0.4, -0.2) is 26.3 Å². The van der Waals surface area contributed by atoms with Gasteiger partial charge in [-0.15, -0.1) is 0 Å². The van der Waals surface area contributed by atoms with Crippen molar-refractivity contribution >= 4 is 0 Å². The molecule has 0 aliphatic carbocycles. The zero-order valence-electron chi connectivity index (χ0n) is 10.4. The van der Waals surface area contributed by atoms with Gasteiger partial charge in [-0.2, -0.15) is 5.10 Å². The van der Waals surface area contributed by atoms with Gasteiger partial charge in [0.1, 0.15) is 0 Å². The average Bonchev–Trinajstić information content (AvgIpc) is 2.91. The van der Waals surface area contributed by atoms with Crippen LogP contribution in [0.15, 0.2) is 18.7 Å². The SMILES string of the molecule is CCCNCc1cn(Cc2cn[nH]c2C)cn1. The van der Waals surface area contributed by atoms with Gasteiger partial charge in [0.05, 0.1) is 24.8 Å². The first-order valence-electron chi connectivity index (χ1n) is 5.99. The topological polar surface area (TPSA) is 58.5 Å². The first-order chi connectivity index (χ1) is 8.29. The summed E-state index contributed by atoms with van der Waals surface area (Å²) in [5.41, 5.74) is 3.40. The molecule has 0 saturated heterocycles. The summed E-state index contributed by atoms with van der Waals surface area (Å²) in [4.78, 5) is 4.37. The third-order valence-electron chi connectivity index (χ3n) is 2.71. The molecule has 2 heterocycles. The van der Waals surface area contributed by atoms with E-state index < -0.39 is 0 Å². The van der Waals surface area contributed by atoms with E-state index in [1.807, 2.05) is 19.4 Å². The lowest BCUT2D eigenvalue weighted by Crippen LogP contribution is -2.13. The lowest BCUT2D eigenvalue weighted by molar-refractivity contribution is 0.665. The third-order valence-corrected chi connectivity index (χ3v) is 2.71. The molecule has 5 heteroatoms. The Kier molecular flexibility index (Phi) is 3.93. The monoisotopic (exact) mass is 233 g/mol. The van der Waals surface area contributed by atoms with Gasteiger partial charge in [-0.05, 0) is 19.9 Å². The fraction of sp³-hybridized carbons (Fsp3) is 0.500. The number of aryl methyl sites for hydroxylation is 1. The van der Waals surface area contributed by atoms with Crippen molar-refractivity contribution in [3.8, 4) is 0 Å². The second kappa shape index (κ2) is 5.63. The van der Waals surface area contributed by atoms with Crippen LogP contribution in [0, 0.1) is 6.92 Å². The fourth-order valence-corrected chi connectivity index (χ4v) is 1.71. The smallest absolute Gasteiger partial charge is 0.0953 e. The number of aromatic amines is 1. The van der Waals surface area contributed by atoms with Crippen LogP contribution >= 0.6 is 0 Å². The molecule has 0 unspecified atom stereocenters. The summed E-state index contributed by atoms with van der Waals surface area (Å²) in [5, 5.41) is 10.3. The minimum Gasteiger partial charge on any atom is -0.333 e. The highest BCUT2D eigenvalue weighted by atomic mass is 15.1. The van der Waals surface area contributed by atoms with Crippen LogP contribution in [0.1, 0.15) is 30.3 Å². The number of H-pyrrole nitrogens is 1. The molecule has 0 bridgehead atoms. The molecule has 0 radical (unpaired) electrons. The van der Waals surface area contributed by atoms with Gasteiger partial charge in [-0.3, -0.25) is 5.10 Å². The Morgan fingerprint density at radius 3 is 3.06 bits per heavy atom. The summed E-state index contributed by atoms with van der Waals surface area (Å²) in [6, 6.07) is 0. The van der Waals surface area contributed by atoms with Crippen LogP contribution in [0.4, 0.5) is 0 Å². The van der Waals surface area contributed by atoms with Crippen molar-refractivity contribution in [2.45, 2.75) is 33.4 Å².